The fourth-order valence-electron chi connectivity index (χ4n) is 2.68. The molecule has 0 unspecified atom stereocenters. The molecule has 0 amide bonds. The number of rotatable bonds is 7. The van der Waals surface area contributed by atoms with Crippen LogP contribution in [0.4, 0.5) is 23.1 Å². The van der Waals surface area contributed by atoms with E-state index in [-0.39, 0.29) is 5.97 Å². The van der Waals surface area contributed by atoms with Crippen molar-refractivity contribution in [1.29, 1.82) is 0 Å². The number of aromatic nitrogens is 2. The highest BCUT2D eigenvalue weighted by molar-refractivity contribution is 5.96. The van der Waals surface area contributed by atoms with Gasteiger partial charge in [-0.1, -0.05) is 37.3 Å². The standard InChI is InChI=1S/C21H22N4O2/c1-3-15-9-5-7-11-17(15)24-21-22-14-13-19(25-21)23-18-12-8-6-10-16(18)20(26)27-4-2/h5-14H,3-4H2,1-2H3,(H2,22,23,24,25). The molecule has 1 aromatic heterocycles. The third kappa shape index (κ3) is 4.61. The van der Waals surface area contributed by atoms with E-state index in [2.05, 4.69) is 33.6 Å². The number of anilines is 4. The Morgan fingerprint density at radius 2 is 1.70 bits per heavy atom. The highest BCUT2D eigenvalue weighted by atomic mass is 16.5. The van der Waals surface area contributed by atoms with Crippen molar-refractivity contribution in [1.82, 2.24) is 9.97 Å². The normalized spacial score (nSPS) is 10.3. The lowest BCUT2D eigenvalue weighted by Gasteiger charge is -2.12. The first kappa shape index (κ1) is 18.4. The van der Waals surface area contributed by atoms with E-state index in [0.29, 0.717) is 29.6 Å². The first-order valence-corrected chi connectivity index (χ1v) is 8.92. The third-order valence-electron chi connectivity index (χ3n) is 3.99. The Morgan fingerprint density at radius 3 is 2.48 bits per heavy atom. The molecule has 0 fully saturated rings. The fourth-order valence-corrected chi connectivity index (χ4v) is 2.68. The average molecular weight is 362 g/mol. The molecule has 2 aromatic carbocycles. The van der Waals surface area contributed by atoms with Gasteiger partial charge >= 0.3 is 5.97 Å². The first-order chi connectivity index (χ1) is 13.2. The zero-order chi connectivity index (χ0) is 19.1. The lowest BCUT2D eigenvalue weighted by Crippen LogP contribution is -2.08. The van der Waals surface area contributed by atoms with Crippen LogP contribution in [0.1, 0.15) is 29.8 Å². The molecule has 2 N–H and O–H groups in total. The number of hydrogen-bond donors (Lipinski definition) is 2. The predicted molar refractivity (Wildman–Crippen MR) is 107 cm³/mol. The summed E-state index contributed by atoms with van der Waals surface area (Å²) >= 11 is 0. The molecular weight excluding hydrogens is 340 g/mol. The molecule has 0 aliphatic carbocycles. The van der Waals surface area contributed by atoms with E-state index in [4.69, 9.17) is 4.74 Å². The zero-order valence-electron chi connectivity index (χ0n) is 15.4. The molecule has 27 heavy (non-hydrogen) atoms. The number of nitrogens with one attached hydrogen (secondary N) is 2. The van der Waals surface area contributed by atoms with Crippen molar-refractivity contribution < 1.29 is 9.53 Å². The van der Waals surface area contributed by atoms with E-state index in [9.17, 15) is 4.79 Å². The Kier molecular flexibility index (Phi) is 5.99. The smallest absolute Gasteiger partial charge is 0.340 e. The van der Waals surface area contributed by atoms with Gasteiger partial charge in [0.25, 0.3) is 0 Å². The van der Waals surface area contributed by atoms with Crippen molar-refractivity contribution in [3.8, 4) is 0 Å². The van der Waals surface area contributed by atoms with Crippen LogP contribution in [0.5, 0.6) is 0 Å². The summed E-state index contributed by atoms with van der Waals surface area (Å²) in [4.78, 5) is 20.9. The number of hydrogen-bond acceptors (Lipinski definition) is 6. The predicted octanol–water partition coefficient (Wildman–Crippen LogP) is 4.70. The van der Waals surface area contributed by atoms with Gasteiger partial charge in [-0.15, -0.1) is 0 Å². The van der Waals surface area contributed by atoms with Crippen LogP contribution in [-0.2, 0) is 11.2 Å². The van der Waals surface area contributed by atoms with Crippen molar-refractivity contribution in [3.63, 3.8) is 0 Å². The maximum Gasteiger partial charge on any atom is 0.340 e. The molecule has 0 aliphatic rings. The average Bonchev–Trinajstić information content (AvgIpc) is 2.69. The SMILES string of the molecule is CCOC(=O)c1ccccc1Nc1ccnc(Nc2ccccc2CC)n1. The highest BCUT2D eigenvalue weighted by Gasteiger charge is 2.12. The van der Waals surface area contributed by atoms with Gasteiger partial charge in [0.1, 0.15) is 5.82 Å². The zero-order valence-corrected chi connectivity index (χ0v) is 15.4. The summed E-state index contributed by atoms with van der Waals surface area (Å²) in [5.41, 5.74) is 3.26. The molecule has 0 spiro atoms. The maximum atomic E-state index is 12.1. The quantitative estimate of drug-likeness (QED) is 0.593. The van der Waals surface area contributed by atoms with Crippen LogP contribution in [0.15, 0.2) is 60.8 Å². The minimum atomic E-state index is -0.370. The summed E-state index contributed by atoms with van der Waals surface area (Å²) in [5, 5.41) is 6.43. The maximum absolute atomic E-state index is 12.1. The number of para-hydroxylation sites is 2. The van der Waals surface area contributed by atoms with Crippen molar-refractivity contribution in [2.45, 2.75) is 20.3 Å². The van der Waals surface area contributed by atoms with Crippen LogP contribution in [0, 0.1) is 0 Å². The van der Waals surface area contributed by atoms with Gasteiger partial charge in [0.05, 0.1) is 17.9 Å². The van der Waals surface area contributed by atoms with Gasteiger partial charge < -0.3 is 15.4 Å². The van der Waals surface area contributed by atoms with E-state index < -0.39 is 0 Å². The number of nitrogens with zero attached hydrogens (tertiary/aromatic N) is 2. The molecule has 1 heterocycles. The summed E-state index contributed by atoms with van der Waals surface area (Å²) in [6.07, 6.45) is 2.58. The van der Waals surface area contributed by atoms with Gasteiger partial charge in [0.2, 0.25) is 5.95 Å². The van der Waals surface area contributed by atoms with Crippen LogP contribution >= 0.6 is 0 Å². The largest absolute Gasteiger partial charge is 0.462 e. The molecule has 138 valence electrons. The lowest BCUT2D eigenvalue weighted by atomic mass is 10.1. The molecule has 6 nitrogen and oxygen atoms in total. The number of carbonyl (C=O) groups excluding carboxylic acids is 1. The van der Waals surface area contributed by atoms with E-state index in [1.54, 1.807) is 31.3 Å². The van der Waals surface area contributed by atoms with Gasteiger partial charge in [-0.05, 0) is 43.2 Å². The Hall–Kier alpha value is -3.41. The first-order valence-electron chi connectivity index (χ1n) is 8.92. The number of benzene rings is 2. The molecule has 3 rings (SSSR count). The Bertz CT molecular complexity index is 927. The van der Waals surface area contributed by atoms with E-state index >= 15 is 0 Å². The van der Waals surface area contributed by atoms with Gasteiger partial charge in [-0.3, -0.25) is 0 Å². The molecule has 0 atom stereocenters. The van der Waals surface area contributed by atoms with Gasteiger partial charge in [0, 0.05) is 11.9 Å². The summed E-state index contributed by atoms with van der Waals surface area (Å²) in [5.74, 6) is 0.692. The molecule has 3 aromatic rings. The summed E-state index contributed by atoms with van der Waals surface area (Å²) < 4.78 is 5.11. The fraction of sp³-hybridized carbons (Fsp3) is 0.190. The van der Waals surface area contributed by atoms with Gasteiger partial charge in [-0.2, -0.15) is 4.98 Å². The molecule has 0 saturated carbocycles. The third-order valence-corrected chi connectivity index (χ3v) is 3.99. The summed E-state index contributed by atoms with van der Waals surface area (Å²) in [6.45, 7) is 4.21. The number of carbonyl (C=O) groups is 1. The molecular formula is C21H22N4O2. The summed E-state index contributed by atoms with van der Waals surface area (Å²) in [7, 11) is 0. The van der Waals surface area contributed by atoms with Gasteiger partial charge in [-0.25, -0.2) is 9.78 Å². The molecule has 6 heteroatoms. The van der Waals surface area contributed by atoms with Crippen LogP contribution in [0.25, 0.3) is 0 Å². The van der Waals surface area contributed by atoms with Crippen molar-refractivity contribution in [3.05, 3.63) is 71.9 Å². The van der Waals surface area contributed by atoms with Crippen LogP contribution in [0.2, 0.25) is 0 Å². The molecule has 0 aliphatic heterocycles. The lowest BCUT2D eigenvalue weighted by molar-refractivity contribution is 0.0527. The van der Waals surface area contributed by atoms with E-state index in [0.717, 1.165) is 12.1 Å². The second-order valence-electron chi connectivity index (χ2n) is 5.79. The Balaban J connectivity index is 1.82. The minimum absolute atomic E-state index is 0.325. The Morgan fingerprint density at radius 1 is 0.963 bits per heavy atom. The minimum Gasteiger partial charge on any atom is -0.462 e. The van der Waals surface area contributed by atoms with E-state index in [1.807, 2.05) is 30.3 Å². The second-order valence-corrected chi connectivity index (χ2v) is 5.79. The van der Waals surface area contributed by atoms with Crippen molar-refractivity contribution >= 4 is 29.1 Å². The number of aryl methyl sites for hydroxylation is 1. The van der Waals surface area contributed by atoms with Crippen LogP contribution in [-0.4, -0.2) is 22.5 Å². The number of esters is 1. The topological polar surface area (TPSA) is 76.1 Å². The van der Waals surface area contributed by atoms with Crippen molar-refractivity contribution in [2.24, 2.45) is 0 Å². The van der Waals surface area contributed by atoms with Crippen LogP contribution < -0.4 is 10.6 Å². The molecule has 0 bridgehead atoms. The summed E-state index contributed by atoms with van der Waals surface area (Å²) in [6, 6.07) is 17.0. The monoisotopic (exact) mass is 362 g/mol. The molecule has 0 saturated heterocycles. The highest BCUT2D eigenvalue weighted by Crippen LogP contribution is 2.23. The molecule has 0 radical (unpaired) electrons. The van der Waals surface area contributed by atoms with E-state index in [1.165, 1.54) is 5.56 Å². The Labute approximate surface area is 158 Å². The number of ether oxygens (including phenoxy) is 1. The van der Waals surface area contributed by atoms with Gasteiger partial charge in [0.15, 0.2) is 0 Å². The van der Waals surface area contributed by atoms with Crippen LogP contribution in [0.3, 0.4) is 0 Å². The second kappa shape index (κ2) is 8.80. The van der Waals surface area contributed by atoms with Crippen molar-refractivity contribution in [2.75, 3.05) is 17.2 Å².